The molecule has 0 amide bonds. The largest absolute Gasteiger partial charge is 0.439 e. The lowest BCUT2D eigenvalue weighted by Gasteiger charge is -2.17. The second-order valence-electron chi connectivity index (χ2n) is 8.43. The van der Waals surface area contributed by atoms with Crippen molar-refractivity contribution in [1.82, 2.24) is 14.8 Å². The predicted octanol–water partition coefficient (Wildman–Crippen LogP) is 4.44. The fourth-order valence-corrected chi connectivity index (χ4v) is 4.50. The highest BCUT2D eigenvalue weighted by molar-refractivity contribution is 5.62. The average Bonchev–Trinajstić information content (AvgIpc) is 3.42. The summed E-state index contributed by atoms with van der Waals surface area (Å²) in [5, 5.41) is 14.3. The van der Waals surface area contributed by atoms with Gasteiger partial charge in [-0.3, -0.25) is 0 Å². The first-order valence-corrected chi connectivity index (χ1v) is 9.55. The second kappa shape index (κ2) is 5.98. The van der Waals surface area contributed by atoms with Crippen LogP contribution >= 0.6 is 0 Å². The van der Waals surface area contributed by atoms with E-state index in [2.05, 4.69) is 10.1 Å². The Morgan fingerprint density at radius 1 is 1.25 bits per heavy atom. The van der Waals surface area contributed by atoms with E-state index in [1.807, 2.05) is 13.8 Å². The van der Waals surface area contributed by atoms with Crippen LogP contribution in [0.4, 0.5) is 8.78 Å². The molecule has 2 heterocycles. The van der Waals surface area contributed by atoms with Crippen LogP contribution in [0.1, 0.15) is 62.0 Å². The number of fused-ring (bicyclic) bond motifs is 5. The van der Waals surface area contributed by atoms with Crippen LogP contribution < -0.4 is 0 Å². The van der Waals surface area contributed by atoms with Gasteiger partial charge in [0.05, 0.1) is 18.5 Å². The molecule has 2 aliphatic rings. The van der Waals surface area contributed by atoms with Gasteiger partial charge in [-0.2, -0.15) is 5.10 Å². The molecule has 0 saturated heterocycles. The Labute approximate surface area is 161 Å². The van der Waals surface area contributed by atoms with Gasteiger partial charge in [0.1, 0.15) is 17.3 Å². The van der Waals surface area contributed by atoms with Crippen LogP contribution in [0.25, 0.3) is 17.3 Å². The number of oxazole rings is 1. The highest BCUT2D eigenvalue weighted by Gasteiger charge is 2.44. The molecule has 3 aromatic rings. The van der Waals surface area contributed by atoms with Crippen molar-refractivity contribution in [3.8, 4) is 17.3 Å². The third-order valence-corrected chi connectivity index (χ3v) is 6.10. The van der Waals surface area contributed by atoms with Crippen molar-refractivity contribution in [3.05, 3.63) is 53.0 Å². The molecule has 28 heavy (non-hydrogen) atoms. The Kier molecular flexibility index (Phi) is 3.75. The smallest absolute Gasteiger partial charge is 0.247 e. The SMILES string of the molecule is CC(C)(CO)c1cnc(-c2nn(-c3ccc(F)cc3F)c3c2[C@H]2CC[C@@H]3C2)o1. The molecule has 2 aromatic heterocycles. The molecular formula is C21H21F2N3O2. The normalized spacial score (nSPS) is 20.8. The number of aliphatic hydroxyl groups excluding tert-OH is 1. The predicted molar refractivity (Wildman–Crippen MR) is 98.4 cm³/mol. The first-order valence-electron chi connectivity index (χ1n) is 9.55. The summed E-state index contributed by atoms with van der Waals surface area (Å²) in [7, 11) is 0. The molecule has 0 radical (unpaired) electrons. The summed E-state index contributed by atoms with van der Waals surface area (Å²) in [5.74, 6) is 0.359. The summed E-state index contributed by atoms with van der Waals surface area (Å²) >= 11 is 0. The molecule has 1 aromatic carbocycles. The molecule has 2 aliphatic carbocycles. The van der Waals surface area contributed by atoms with E-state index in [0.717, 1.165) is 36.6 Å². The van der Waals surface area contributed by atoms with Gasteiger partial charge in [0.15, 0.2) is 11.5 Å². The van der Waals surface area contributed by atoms with E-state index in [-0.39, 0.29) is 12.3 Å². The van der Waals surface area contributed by atoms with Crippen LogP contribution in [0, 0.1) is 11.6 Å². The van der Waals surface area contributed by atoms with Gasteiger partial charge in [-0.25, -0.2) is 18.4 Å². The van der Waals surface area contributed by atoms with Crippen molar-refractivity contribution in [3.63, 3.8) is 0 Å². The quantitative estimate of drug-likeness (QED) is 0.721. The van der Waals surface area contributed by atoms with Crippen molar-refractivity contribution in [2.45, 2.75) is 50.4 Å². The standard InChI is InChI=1S/C21H21F2N3O2/c1-21(2,10-27)16-9-24-20(28-16)18-17-11-3-4-12(7-11)19(17)26(25-18)15-6-5-13(22)8-14(15)23/h5-6,8-9,11-12,27H,3-4,7,10H2,1-2H3/t11-,12+/m0/s1. The zero-order valence-corrected chi connectivity index (χ0v) is 15.7. The minimum Gasteiger partial charge on any atom is -0.439 e. The number of aromatic nitrogens is 3. The summed E-state index contributed by atoms with van der Waals surface area (Å²) < 4.78 is 35.4. The van der Waals surface area contributed by atoms with Crippen molar-refractivity contribution < 1.29 is 18.3 Å². The number of hydrogen-bond acceptors (Lipinski definition) is 4. The Hall–Kier alpha value is -2.54. The molecule has 0 unspecified atom stereocenters. The molecule has 1 N–H and O–H groups in total. The minimum absolute atomic E-state index is 0.0698. The van der Waals surface area contributed by atoms with E-state index in [1.165, 1.54) is 12.1 Å². The summed E-state index contributed by atoms with van der Waals surface area (Å²) in [5.41, 5.74) is 2.34. The Bertz CT molecular complexity index is 1070. The Morgan fingerprint density at radius 3 is 2.79 bits per heavy atom. The monoisotopic (exact) mass is 385 g/mol. The summed E-state index contributed by atoms with van der Waals surface area (Å²) in [6.45, 7) is 3.67. The van der Waals surface area contributed by atoms with E-state index in [9.17, 15) is 13.9 Å². The minimum atomic E-state index is -0.644. The topological polar surface area (TPSA) is 64.1 Å². The average molecular weight is 385 g/mol. The summed E-state index contributed by atoms with van der Waals surface area (Å²) in [4.78, 5) is 4.40. The molecule has 2 bridgehead atoms. The van der Waals surface area contributed by atoms with Gasteiger partial charge in [-0.15, -0.1) is 0 Å². The number of benzene rings is 1. The van der Waals surface area contributed by atoms with Crippen LogP contribution in [0.3, 0.4) is 0 Å². The highest BCUT2D eigenvalue weighted by Crippen LogP contribution is 2.56. The third-order valence-electron chi connectivity index (χ3n) is 6.10. The first-order chi connectivity index (χ1) is 13.4. The van der Waals surface area contributed by atoms with E-state index >= 15 is 0 Å². The number of nitrogens with zero attached hydrogens (tertiary/aromatic N) is 3. The number of rotatable bonds is 4. The van der Waals surface area contributed by atoms with Gasteiger partial charge in [-0.1, -0.05) is 13.8 Å². The molecule has 7 heteroatoms. The van der Waals surface area contributed by atoms with Gasteiger partial charge >= 0.3 is 0 Å². The van der Waals surface area contributed by atoms with Gasteiger partial charge in [0.2, 0.25) is 5.89 Å². The van der Waals surface area contributed by atoms with Crippen LogP contribution in [-0.4, -0.2) is 26.5 Å². The highest BCUT2D eigenvalue weighted by atomic mass is 19.1. The maximum atomic E-state index is 14.5. The Balaban J connectivity index is 1.68. The van der Waals surface area contributed by atoms with Crippen LogP contribution in [0.5, 0.6) is 0 Å². The maximum absolute atomic E-state index is 14.5. The van der Waals surface area contributed by atoms with Gasteiger partial charge in [-0.05, 0) is 37.3 Å². The lowest BCUT2D eigenvalue weighted by molar-refractivity contribution is 0.198. The molecule has 1 fully saturated rings. The number of hydrogen-bond donors (Lipinski definition) is 1. The van der Waals surface area contributed by atoms with Crippen molar-refractivity contribution in [1.29, 1.82) is 0 Å². The van der Waals surface area contributed by atoms with Gasteiger partial charge < -0.3 is 9.52 Å². The zero-order chi connectivity index (χ0) is 19.6. The Morgan fingerprint density at radius 2 is 2.04 bits per heavy atom. The van der Waals surface area contributed by atoms with Gasteiger partial charge in [0, 0.05) is 23.0 Å². The molecule has 146 valence electrons. The van der Waals surface area contributed by atoms with E-state index < -0.39 is 17.0 Å². The summed E-state index contributed by atoms with van der Waals surface area (Å²) in [6, 6.07) is 3.54. The van der Waals surface area contributed by atoms with Crippen molar-refractivity contribution in [2.24, 2.45) is 0 Å². The van der Waals surface area contributed by atoms with Crippen LogP contribution in [0.2, 0.25) is 0 Å². The maximum Gasteiger partial charge on any atom is 0.247 e. The molecule has 1 saturated carbocycles. The van der Waals surface area contributed by atoms with E-state index in [0.29, 0.717) is 29.2 Å². The number of halogens is 2. The van der Waals surface area contributed by atoms with Crippen molar-refractivity contribution >= 4 is 0 Å². The molecule has 2 atom stereocenters. The zero-order valence-electron chi connectivity index (χ0n) is 15.7. The second-order valence-corrected chi connectivity index (χ2v) is 8.43. The van der Waals surface area contributed by atoms with E-state index in [1.54, 1.807) is 10.9 Å². The fraction of sp³-hybridized carbons (Fsp3) is 0.429. The molecule has 0 aliphatic heterocycles. The molecular weight excluding hydrogens is 364 g/mol. The number of aliphatic hydroxyl groups is 1. The first kappa shape index (κ1) is 17.6. The molecule has 5 rings (SSSR count). The fourth-order valence-electron chi connectivity index (χ4n) is 4.50. The van der Waals surface area contributed by atoms with Gasteiger partial charge in [0.25, 0.3) is 0 Å². The van der Waals surface area contributed by atoms with Crippen LogP contribution in [0.15, 0.2) is 28.8 Å². The lowest BCUT2D eigenvalue weighted by Crippen LogP contribution is -2.21. The van der Waals surface area contributed by atoms with E-state index in [4.69, 9.17) is 4.42 Å². The van der Waals surface area contributed by atoms with Crippen molar-refractivity contribution in [2.75, 3.05) is 6.61 Å². The lowest BCUT2D eigenvalue weighted by atomic mass is 9.92. The van der Waals surface area contributed by atoms with Crippen LogP contribution in [-0.2, 0) is 5.41 Å². The third kappa shape index (κ3) is 2.45. The molecule has 0 spiro atoms. The molecule has 5 nitrogen and oxygen atoms in total. The summed E-state index contributed by atoms with van der Waals surface area (Å²) in [6.07, 6.45) is 4.74.